The SMILES string of the molecule is C#CC(C#C)=Cc1ccc(C=C(C#C)C#C)cc1. The van der Waals surface area contributed by atoms with Gasteiger partial charge in [-0.05, 0) is 23.3 Å². The van der Waals surface area contributed by atoms with E-state index in [9.17, 15) is 0 Å². The third-order valence-electron chi connectivity index (χ3n) is 2.18. The Balaban J connectivity index is 3.04. The van der Waals surface area contributed by atoms with Crippen molar-refractivity contribution >= 4 is 12.2 Å². The topological polar surface area (TPSA) is 0 Å². The van der Waals surface area contributed by atoms with Crippen LogP contribution in [0, 0.1) is 49.4 Å². The first-order valence-electron chi connectivity index (χ1n) is 5.13. The first-order chi connectivity index (χ1) is 8.73. The minimum absolute atomic E-state index is 0.506. The zero-order valence-electron chi connectivity index (χ0n) is 9.77. The molecule has 0 aliphatic carbocycles. The van der Waals surface area contributed by atoms with Gasteiger partial charge in [0.15, 0.2) is 0 Å². The number of allylic oxidation sites excluding steroid dienone is 2. The van der Waals surface area contributed by atoms with Crippen LogP contribution in [0.4, 0.5) is 0 Å². The lowest BCUT2D eigenvalue weighted by Crippen LogP contribution is -1.79. The van der Waals surface area contributed by atoms with Gasteiger partial charge in [-0.2, -0.15) is 0 Å². The van der Waals surface area contributed by atoms with E-state index in [4.69, 9.17) is 25.7 Å². The number of hydrogen-bond donors (Lipinski definition) is 0. The van der Waals surface area contributed by atoms with Crippen LogP contribution < -0.4 is 0 Å². The number of hydrogen-bond acceptors (Lipinski definition) is 0. The smallest absolute Gasteiger partial charge is 0.0744 e. The zero-order valence-corrected chi connectivity index (χ0v) is 9.77. The molecule has 0 aliphatic heterocycles. The first-order valence-corrected chi connectivity index (χ1v) is 5.13. The summed E-state index contributed by atoms with van der Waals surface area (Å²) in [5.74, 6) is 9.70. The summed E-state index contributed by atoms with van der Waals surface area (Å²) in [7, 11) is 0. The molecule has 0 nitrogen and oxygen atoms in total. The van der Waals surface area contributed by atoms with E-state index in [1.807, 2.05) is 24.3 Å². The second-order valence-electron chi connectivity index (χ2n) is 3.36. The molecule has 1 aromatic carbocycles. The molecule has 0 heterocycles. The standard InChI is InChI=1S/C18H10/c1-5-15(6-2)13-17-9-11-18(12-10-17)14-16(7-3)8-4/h1-4,9-14H. The van der Waals surface area contributed by atoms with Gasteiger partial charge >= 0.3 is 0 Å². The monoisotopic (exact) mass is 226 g/mol. The van der Waals surface area contributed by atoms with Crippen molar-refractivity contribution in [1.29, 1.82) is 0 Å². The van der Waals surface area contributed by atoms with Crippen LogP contribution in [0.2, 0.25) is 0 Å². The molecular weight excluding hydrogens is 216 g/mol. The molecule has 0 amide bonds. The molecule has 0 aromatic heterocycles. The van der Waals surface area contributed by atoms with Gasteiger partial charge in [-0.1, -0.05) is 47.9 Å². The van der Waals surface area contributed by atoms with E-state index in [1.165, 1.54) is 0 Å². The largest absolute Gasteiger partial charge is 0.114 e. The first kappa shape index (κ1) is 13.0. The molecule has 0 spiro atoms. The normalized spacial score (nSPS) is 7.78. The van der Waals surface area contributed by atoms with Crippen molar-refractivity contribution in [2.75, 3.05) is 0 Å². The maximum atomic E-state index is 5.25. The molecular formula is C18H10. The van der Waals surface area contributed by atoms with Crippen LogP contribution in [0.3, 0.4) is 0 Å². The Labute approximate surface area is 108 Å². The number of rotatable bonds is 2. The molecule has 0 aliphatic rings. The van der Waals surface area contributed by atoms with Gasteiger partial charge < -0.3 is 0 Å². The molecule has 0 heteroatoms. The highest BCUT2D eigenvalue weighted by Gasteiger charge is 1.93. The minimum atomic E-state index is 0.506. The third-order valence-corrected chi connectivity index (χ3v) is 2.18. The Hall–Kier alpha value is -3.06. The molecule has 0 unspecified atom stereocenters. The highest BCUT2D eigenvalue weighted by atomic mass is 14.0. The fraction of sp³-hybridized carbons (Fsp3) is 0. The highest BCUT2D eigenvalue weighted by molar-refractivity contribution is 5.67. The predicted octanol–water partition coefficient (Wildman–Crippen LogP) is 2.99. The molecule has 1 rings (SSSR count). The summed E-state index contributed by atoms with van der Waals surface area (Å²) in [6, 6.07) is 7.58. The molecule has 0 bridgehead atoms. The molecule has 0 radical (unpaired) electrons. The third kappa shape index (κ3) is 3.51. The lowest BCUT2D eigenvalue weighted by Gasteiger charge is -1.97. The number of terminal acetylenes is 4. The van der Waals surface area contributed by atoms with E-state index >= 15 is 0 Å². The summed E-state index contributed by atoms with van der Waals surface area (Å²) in [6.07, 6.45) is 24.5. The van der Waals surface area contributed by atoms with Crippen LogP contribution in [0.25, 0.3) is 12.2 Å². The molecule has 82 valence electrons. The number of benzene rings is 1. The van der Waals surface area contributed by atoms with Gasteiger partial charge in [-0.25, -0.2) is 0 Å². The second-order valence-corrected chi connectivity index (χ2v) is 3.36. The highest BCUT2D eigenvalue weighted by Crippen LogP contribution is 2.11. The summed E-state index contributed by atoms with van der Waals surface area (Å²) >= 11 is 0. The maximum absolute atomic E-state index is 5.25. The van der Waals surface area contributed by atoms with E-state index in [1.54, 1.807) is 12.2 Å². The Morgan fingerprint density at radius 3 is 1.17 bits per heavy atom. The molecule has 0 atom stereocenters. The van der Waals surface area contributed by atoms with Gasteiger partial charge in [0.05, 0.1) is 11.1 Å². The zero-order chi connectivity index (χ0) is 13.4. The van der Waals surface area contributed by atoms with Gasteiger partial charge in [0, 0.05) is 0 Å². The second kappa shape index (κ2) is 6.51. The van der Waals surface area contributed by atoms with Crippen molar-refractivity contribution in [3.63, 3.8) is 0 Å². The predicted molar refractivity (Wildman–Crippen MR) is 77.7 cm³/mol. The van der Waals surface area contributed by atoms with Crippen molar-refractivity contribution in [2.45, 2.75) is 0 Å². The summed E-state index contributed by atoms with van der Waals surface area (Å²) in [5.41, 5.74) is 2.87. The quantitative estimate of drug-likeness (QED) is 0.680. The summed E-state index contributed by atoms with van der Waals surface area (Å²) in [4.78, 5) is 0. The Bertz CT molecular complexity index is 558. The van der Waals surface area contributed by atoms with Crippen molar-refractivity contribution in [2.24, 2.45) is 0 Å². The van der Waals surface area contributed by atoms with Crippen molar-refractivity contribution in [3.8, 4) is 49.4 Å². The molecule has 0 saturated heterocycles. The Morgan fingerprint density at radius 2 is 0.944 bits per heavy atom. The van der Waals surface area contributed by atoms with Crippen LogP contribution in [-0.2, 0) is 0 Å². The van der Waals surface area contributed by atoms with Crippen LogP contribution in [-0.4, -0.2) is 0 Å². The van der Waals surface area contributed by atoms with Crippen LogP contribution in [0.1, 0.15) is 11.1 Å². The van der Waals surface area contributed by atoms with E-state index in [-0.39, 0.29) is 0 Å². The Morgan fingerprint density at radius 1 is 0.667 bits per heavy atom. The average molecular weight is 226 g/mol. The molecule has 1 aromatic rings. The fourth-order valence-electron chi connectivity index (χ4n) is 1.27. The van der Waals surface area contributed by atoms with Gasteiger partial charge in [0.2, 0.25) is 0 Å². The van der Waals surface area contributed by atoms with E-state index < -0.39 is 0 Å². The van der Waals surface area contributed by atoms with Crippen LogP contribution in [0.15, 0.2) is 35.4 Å². The van der Waals surface area contributed by atoms with E-state index in [2.05, 4.69) is 23.7 Å². The molecule has 18 heavy (non-hydrogen) atoms. The summed E-state index contributed by atoms with van der Waals surface area (Å²) < 4.78 is 0. The van der Waals surface area contributed by atoms with Gasteiger partial charge in [0.1, 0.15) is 0 Å². The summed E-state index contributed by atoms with van der Waals surface area (Å²) in [5, 5.41) is 0. The van der Waals surface area contributed by atoms with E-state index in [0.29, 0.717) is 11.1 Å². The molecule has 0 saturated carbocycles. The van der Waals surface area contributed by atoms with Crippen molar-refractivity contribution in [3.05, 3.63) is 46.5 Å². The summed E-state index contributed by atoms with van der Waals surface area (Å²) in [6.45, 7) is 0. The molecule has 0 fully saturated rings. The van der Waals surface area contributed by atoms with Gasteiger partial charge in [-0.3, -0.25) is 0 Å². The molecule has 0 N–H and O–H groups in total. The van der Waals surface area contributed by atoms with Crippen LogP contribution >= 0.6 is 0 Å². The van der Waals surface area contributed by atoms with Crippen molar-refractivity contribution < 1.29 is 0 Å². The lowest BCUT2D eigenvalue weighted by molar-refractivity contribution is 1.61. The van der Waals surface area contributed by atoms with Crippen LogP contribution in [0.5, 0.6) is 0 Å². The minimum Gasteiger partial charge on any atom is -0.114 e. The lowest BCUT2D eigenvalue weighted by atomic mass is 10.1. The van der Waals surface area contributed by atoms with Gasteiger partial charge in [-0.15, -0.1) is 25.7 Å². The Kier molecular flexibility index (Phi) is 4.70. The van der Waals surface area contributed by atoms with Gasteiger partial charge in [0.25, 0.3) is 0 Å². The average Bonchev–Trinajstić information content (AvgIpc) is 2.43. The fourth-order valence-corrected chi connectivity index (χ4v) is 1.27. The van der Waals surface area contributed by atoms with E-state index in [0.717, 1.165) is 11.1 Å². The maximum Gasteiger partial charge on any atom is 0.0744 e. The van der Waals surface area contributed by atoms with Crippen molar-refractivity contribution in [1.82, 2.24) is 0 Å².